The third kappa shape index (κ3) is 6.08. The first-order valence-corrected chi connectivity index (χ1v) is 12.0. The van der Waals surface area contributed by atoms with Gasteiger partial charge in [-0.1, -0.05) is 32.0 Å². The summed E-state index contributed by atoms with van der Waals surface area (Å²) >= 11 is 0. The lowest BCUT2D eigenvalue weighted by Crippen LogP contribution is -2.45. The third-order valence-corrected chi connectivity index (χ3v) is 6.43. The molecule has 188 valence electrons. The smallest absolute Gasteiger partial charge is 0.324 e. The van der Waals surface area contributed by atoms with Crippen LogP contribution in [0.25, 0.3) is 11.5 Å². The molecule has 35 heavy (non-hydrogen) atoms. The molecule has 0 aliphatic carbocycles. The Bertz CT molecular complexity index is 1230. The Morgan fingerprint density at radius 1 is 1.00 bits per heavy atom. The SMILES string of the molecule is COc1cc(-c2nnc(COC(=O)[C@@H](NS(=O)(=O)c3ccccc3)C(C)C)o2)cc(OC)c1OC. The molecule has 0 aliphatic heterocycles. The summed E-state index contributed by atoms with van der Waals surface area (Å²) in [6.07, 6.45) is 0. The van der Waals surface area contributed by atoms with Crippen LogP contribution in [-0.2, 0) is 26.2 Å². The number of carbonyl (C=O) groups is 1. The van der Waals surface area contributed by atoms with Crippen molar-refractivity contribution in [2.75, 3.05) is 21.3 Å². The molecule has 1 aromatic heterocycles. The summed E-state index contributed by atoms with van der Waals surface area (Å²) in [6, 6.07) is 9.93. The lowest BCUT2D eigenvalue weighted by atomic mass is 10.1. The van der Waals surface area contributed by atoms with Crippen LogP contribution in [-0.4, -0.2) is 52.0 Å². The average Bonchev–Trinajstić information content (AvgIpc) is 3.34. The fourth-order valence-corrected chi connectivity index (χ4v) is 4.50. The van der Waals surface area contributed by atoms with Crippen molar-refractivity contribution in [2.45, 2.75) is 31.4 Å². The minimum atomic E-state index is -3.92. The predicted octanol–water partition coefficient (Wildman–Crippen LogP) is 2.81. The Labute approximate surface area is 203 Å². The lowest BCUT2D eigenvalue weighted by molar-refractivity contribution is -0.148. The van der Waals surface area contributed by atoms with Gasteiger partial charge in [0.2, 0.25) is 21.7 Å². The number of aromatic nitrogens is 2. The van der Waals surface area contributed by atoms with Crippen molar-refractivity contribution in [3.8, 4) is 28.7 Å². The standard InChI is InChI=1S/C23H27N3O8S/c1-14(2)20(26-35(28,29)16-9-7-6-8-10-16)23(27)33-13-19-24-25-22(34-19)15-11-17(30-3)21(32-5)18(12-15)31-4/h6-12,14,20,26H,13H2,1-5H3/t20-/m0/s1. The molecular weight excluding hydrogens is 478 g/mol. The fraction of sp³-hybridized carbons (Fsp3) is 0.348. The minimum absolute atomic E-state index is 0.0236. The fourth-order valence-electron chi connectivity index (χ4n) is 3.15. The van der Waals surface area contributed by atoms with E-state index >= 15 is 0 Å². The van der Waals surface area contributed by atoms with Crippen molar-refractivity contribution in [3.63, 3.8) is 0 Å². The van der Waals surface area contributed by atoms with E-state index in [0.717, 1.165) is 0 Å². The van der Waals surface area contributed by atoms with Crippen LogP contribution in [0.15, 0.2) is 51.8 Å². The molecule has 0 radical (unpaired) electrons. The minimum Gasteiger partial charge on any atom is -0.493 e. The van der Waals surface area contributed by atoms with E-state index in [4.69, 9.17) is 23.4 Å². The number of hydrogen-bond donors (Lipinski definition) is 1. The molecule has 1 heterocycles. The van der Waals surface area contributed by atoms with Gasteiger partial charge < -0.3 is 23.4 Å². The van der Waals surface area contributed by atoms with Gasteiger partial charge in [-0.05, 0) is 30.2 Å². The van der Waals surface area contributed by atoms with Gasteiger partial charge in [-0.3, -0.25) is 4.79 Å². The van der Waals surface area contributed by atoms with Crippen molar-refractivity contribution >= 4 is 16.0 Å². The monoisotopic (exact) mass is 505 g/mol. The Morgan fingerprint density at radius 2 is 1.63 bits per heavy atom. The number of rotatable bonds is 11. The lowest BCUT2D eigenvalue weighted by Gasteiger charge is -2.20. The number of ether oxygens (including phenoxy) is 4. The van der Waals surface area contributed by atoms with Crippen LogP contribution in [0, 0.1) is 5.92 Å². The maximum absolute atomic E-state index is 12.7. The molecule has 11 nitrogen and oxygen atoms in total. The van der Waals surface area contributed by atoms with E-state index in [1.54, 1.807) is 44.2 Å². The summed E-state index contributed by atoms with van der Waals surface area (Å²) in [5.74, 6) is 0.226. The third-order valence-electron chi connectivity index (χ3n) is 4.97. The van der Waals surface area contributed by atoms with Gasteiger partial charge in [0.15, 0.2) is 18.1 Å². The molecule has 0 unspecified atom stereocenters. The quantitative estimate of drug-likeness (QED) is 0.387. The topological polar surface area (TPSA) is 139 Å². The van der Waals surface area contributed by atoms with Crippen LogP contribution in [0.5, 0.6) is 17.2 Å². The van der Waals surface area contributed by atoms with Crippen molar-refractivity contribution in [2.24, 2.45) is 5.92 Å². The molecule has 0 amide bonds. The van der Waals surface area contributed by atoms with E-state index in [2.05, 4.69) is 14.9 Å². The van der Waals surface area contributed by atoms with Crippen molar-refractivity contribution < 1.29 is 36.6 Å². The van der Waals surface area contributed by atoms with Crippen LogP contribution >= 0.6 is 0 Å². The summed E-state index contributed by atoms with van der Waals surface area (Å²) in [5.41, 5.74) is 0.500. The van der Waals surface area contributed by atoms with Gasteiger partial charge in [-0.2, -0.15) is 4.72 Å². The highest BCUT2D eigenvalue weighted by molar-refractivity contribution is 7.89. The predicted molar refractivity (Wildman–Crippen MR) is 125 cm³/mol. The van der Waals surface area contributed by atoms with E-state index in [1.807, 2.05) is 0 Å². The highest BCUT2D eigenvalue weighted by Gasteiger charge is 2.30. The second kappa shape index (κ2) is 11.2. The molecular formula is C23H27N3O8S. The van der Waals surface area contributed by atoms with E-state index < -0.39 is 22.0 Å². The molecule has 0 saturated carbocycles. The molecule has 0 aliphatic rings. The maximum atomic E-state index is 12.7. The summed E-state index contributed by atoms with van der Waals surface area (Å²) in [7, 11) is 0.536. The van der Waals surface area contributed by atoms with Crippen molar-refractivity contribution in [1.29, 1.82) is 0 Å². The van der Waals surface area contributed by atoms with Gasteiger partial charge in [-0.25, -0.2) is 8.42 Å². The van der Waals surface area contributed by atoms with E-state index in [0.29, 0.717) is 22.8 Å². The van der Waals surface area contributed by atoms with E-state index in [-0.39, 0.29) is 29.2 Å². The van der Waals surface area contributed by atoms with Crippen LogP contribution < -0.4 is 18.9 Å². The van der Waals surface area contributed by atoms with Gasteiger partial charge in [0.05, 0.1) is 26.2 Å². The van der Waals surface area contributed by atoms with Gasteiger partial charge in [-0.15, -0.1) is 10.2 Å². The van der Waals surface area contributed by atoms with Crippen LogP contribution in [0.4, 0.5) is 0 Å². The van der Waals surface area contributed by atoms with Crippen molar-refractivity contribution in [3.05, 3.63) is 48.4 Å². The van der Waals surface area contributed by atoms with Gasteiger partial charge in [0, 0.05) is 5.56 Å². The first-order valence-electron chi connectivity index (χ1n) is 10.6. The Balaban J connectivity index is 1.72. The molecule has 0 saturated heterocycles. The first-order chi connectivity index (χ1) is 16.7. The van der Waals surface area contributed by atoms with E-state index in [1.165, 1.54) is 33.5 Å². The number of nitrogens with zero attached hydrogens (tertiary/aromatic N) is 2. The molecule has 1 N–H and O–H groups in total. The number of carbonyl (C=O) groups excluding carboxylic acids is 1. The molecule has 3 aromatic rings. The average molecular weight is 506 g/mol. The maximum Gasteiger partial charge on any atom is 0.324 e. The van der Waals surface area contributed by atoms with Crippen LogP contribution in [0.2, 0.25) is 0 Å². The summed E-state index contributed by atoms with van der Waals surface area (Å²) in [5, 5.41) is 7.88. The normalized spacial score (nSPS) is 12.3. The van der Waals surface area contributed by atoms with Gasteiger partial charge >= 0.3 is 5.97 Å². The molecule has 0 spiro atoms. The van der Waals surface area contributed by atoms with Crippen molar-refractivity contribution in [1.82, 2.24) is 14.9 Å². The zero-order valence-corrected chi connectivity index (χ0v) is 20.8. The first kappa shape index (κ1) is 26.0. The molecule has 12 heteroatoms. The number of esters is 1. The molecule has 2 aromatic carbocycles. The summed E-state index contributed by atoms with van der Waals surface area (Å²) in [4.78, 5) is 12.7. The number of hydrogen-bond acceptors (Lipinski definition) is 10. The number of methoxy groups -OCH3 is 3. The molecule has 1 atom stereocenters. The summed E-state index contributed by atoms with van der Waals surface area (Å²) in [6.45, 7) is 3.07. The van der Waals surface area contributed by atoms with Gasteiger partial charge in [0.1, 0.15) is 6.04 Å². The molecule has 0 fully saturated rings. The molecule has 0 bridgehead atoms. The van der Waals surface area contributed by atoms with Crippen LogP contribution in [0.1, 0.15) is 19.7 Å². The number of benzene rings is 2. The highest BCUT2D eigenvalue weighted by Crippen LogP contribution is 2.40. The summed E-state index contributed by atoms with van der Waals surface area (Å²) < 4.78 is 54.5. The Hall–Kier alpha value is -3.64. The van der Waals surface area contributed by atoms with E-state index in [9.17, 15) is 13.2 Å². The Kier molecular flexibility index (Phi) is 8.30. The highest BCUT2D eigenvalue weighted by atomic mass is 32.2. The number of sulfonamides is 1. The molecule has 3 rings (SSSR count). The number of nitrogens with one attached hydrogen (secondary N) is 1. The zero-order chi connectivity index (χ0) is 25.6. The second-order valence-electron chi connectivity index (χ2n) is 7.68. The van der Waals surface area contributed by atoms with Gasteiger partial charge in [0.25, 0.3) is 5.89 Å². The largest absolute Gasteiger partial charge is 0.493 e. The zero-order valence-electron chi connectivity index (χ0n) is 20.0. The van der Waals surface area contributed by atoms with Crippen LogP contribution in [0.3, 0.4) is 0 Å². The Morgan fingerprint density at radius 3 is 2.17 bits per heavy atom. The second-order valence-corrected chi connectivity index (χ2v) is 9.39.